The summed E-state index contributed by atoms with van der Waals surface area (Å²) in [4.78, 5) is 21.7. The Morgan fingerprint density at radius 2 is 1.84 bits per heavy atom. The number of pyridine rings is 3. The Bertz CT molecular complexity index is 1490. The molecule has 4 aromatic heterocycles. The van der Waals surface area contributed by atoms with Gasteiger partial charge in [0.05, 0.1) is 11.7 Å². The third-order valence-corrected chi connectivity index (χ3v) is 7.30. The molecule has 0 radical (unpaired) electrons. The first kappa shape index (κ1) is 24.5. The van der Waals surface area contributed by atoms with Gasteiger partial charge in [-0.3, -0.25) is 4.98 Å². The van der Waals surface area contributed by atoms with Crippen LogP contribution in [-0.2, 0) is 0 Å². The molecule has 1 saturated heterocycles. The van der Waals surface area contributed by atoms with E-state index in [-0.39, 0.29) is 11.9 Å². The molecule has 8 nitrogen and oxygen atoms in total. The van der Waals surface area contributed by atoms with Gasteiger partial charge in [0.15, 0.2) is 23.3 Å². The molecule has 38 heavy (non-hydrogen) atoms. The molecule has 3 N–H and O–H groups in total. The van der Waals surface area contributed by atoms with Gasteiger partial charge in [-0.05, 0) is 62.8 Å². The van der Waals surface area contributed by atoms with Gasteiger partial charge in [0, 0.05) is 41.5 Å². The lowest BCUT2D eigenvalue weighted by molar-refractivity contribution is 0.396. The van der Waals surface area contributed by atoms with Crippen LogP contribution in [0.1, 0.15) is 50.5 Å². The summed E-state index contributed by atoms with van der Waals surface area (Å²) in [5.74, 6) is -2.42. The quantitative estimate of drug-likeness (QED) is 0.288. The smallest absolute Gasteiger partial charge is 0.251 e. The number of aromatic nitrogens is 5. The molecule has 6 rings (SSSR count). The van der Waals surface area contributed by atoms with Gasteiger partial charge in [0.25, 0.3) is 5.95 Å². The van der Waals surface area contributed by atoms with Gasteiger partial charge in [-0.25, -0.2) is 23.7 Å². The van der Waals surface area contributed by atoms with Crippen LogP contribution in [0.2, 0.25) is 0 Å². The zero-order chi connectivity index (χ0) is 26.2. The lowest BCUT2D eigenvalue weighted by Gasteiger charge is -2.31. The average Bonchev–Trinajstić information content (AvgIpc) is 2.86. The first-order valence-electron chi connectivity index (χ1n) is 12.8. The zero-order valence-electron chi connectivity index (χ0n) is 20.8. The minimum atomic E-state index is -1.40. The summed E-state index contributed by atoms with van der Waals surface area (Å²) in [6, 6.07) is 4.45. The van der Waals surface area contributed by atoms with Crippen molar-refractivity contribution < 1.29 is 13.2 Å². The van der Waals surface area contributed by atoms with Crippen molar-refractivity contribution in [3.05, 3.63) is 59.9 Å². The van der Waals surface area contributed by atoms with Crippen LogP contribution in [0.25, 0.3) is 22.3 Å². The number of piperidine rings is 1. The molecule has 1 aliphatic heterocycles. The Hall–Kier alpha value is -3.86. The minimum Gasteiger partial charge on any atom is -0.367 e. The maximum absolute atomic E-state index is 14.2. The summed E-state index contributed by atoms with van der Waals surface area (Å²) in [5.41, 5.74) is 2.52. The molecule has 2 unspecified atom stereocenters. The Labute approximate surface area is 217 Å². The highest BCUT2D eigenvalue weighted by molar-refractivity contribution is 5.93. The number of fused-ring (bicyclic) bond motifs is 1. The number of anilines is 3. The predicted molar refractivity (Wildman–Crippen MR) is 139 cm³/mol. The summed E-state index contributed by atoms with van der Waals surface area (Å²) in [6.07, 6.45) is 10.6. The second kappa shape index (κ2) is 10.1. The van der Waals surface area contributed by atoms with Crippen LogP contribution in [0.3, 0.4) is 0 Å². The molecule has 2 aliphatic rings. The monoisotopic (exact) mass is 520 g/mol. The van der Waals surface area contributed by atoms with Crippen molar-refractivity contribution in [3.63, 3.8) is 0 Å². The average molecular weight is 521 g/mol. The summed E-state index contributed by atoms with van der Waals surface area (Å²) in [5, 5.41) is 10.8. The van der Waals surface area contributed by atoms with E-state index in [0.29, 0.717) is 29.4 Å². The molecule has 1 aliphatic carbocycles. The van der Waals surface area contributed by atoms with Gasteiger partial charge in [-0.2, -0.15) is 9.37 Å². The van der Waals surface area contributed by atoms with Crippen molar-refractivity contribution >= 4 is 28.4 Å². The van der Waals surface area contributed by atoms with Crippen molar-refractivity contribution in [1.82, 2.24) is 30.2 Å². The first-order valence-corrected chi connectivity index (χ1v) is 12.8. The molecule has 196 valence electrons. The normalized spacial score (nSPS) is 19.8. The van der Waals surface area contributed by atoms with E-state index in [2.05, 4.69) is 37.8 Å². The predicted octanol–water partition coefficient (Wildman–Crippen LogP) is 5.46. The maximum atomic E-state index is 14.2. The van der Waals surface area contributed by atoms with Gasteiger partial charge < -0.3 is 16.0 Å². The molecule has 5 heterocycles. The SMILES string of the molecule is CC1CC(Nc2nc(-c3ccnc(Nc4nc(F)c(F)cc4F)c3)nc3cncc(C4CCC4)c23)CCN1. The van der Waals surface area contributed by atoms with E-state index in [1.165, 1.54) is 18.2 Å². The molecule has 11 heteroatoms. The number of hydrogen-bond acceptors (Lipinski definition) is 8. The van der Waals surface area contributed by atoms with E-state index in [1.54, 1.807) is 18.3 Å². The molecule has 2 fully saturated rings. The highest BCUT2D eigenvalue weighted by atomic mass is 19.2. The van der Waals surface area contributed by atoms with E-state index in [1.807, 2.05) is 6.20 Å². The van der Waals surface area contributed by atoms with E-state index >= 15 is 0 Å². The molecular formula is C27H27F3N8. The molecule has 0 spiro atoms. The number of nitrogens with zero attached hydrogens (tertiary/aromatic N) is 5. The Balaban J connectivity index is 1.39. The van der Waals surface area contributed by atoms with Crippen LogP contribution < -0.4 is 16.0 Å². The highest BCUT2D eigenvalue weighted by Crippen LogP contribution is 2.41. The lowest BCUT2D eigenvalue weighted by Crippen LogP contribution is -2.41. The number of hydrogen-bond donors (Lipinski definition) is 3. The van der Waals surface area contributed by atoms with Crippen LogP contribution in [0.15, 0.2) is 36.8 Å². The largest absolute Gasteiger partial charge is 0.367 e. The highest BCUT2D eigenvalue weighted by Gasteiger charge is 2.26. The van der Waals surface area contributed by atoms with Gasteiger partial charge >= 0.3 is 0 Å². The summed E-state index contributed by atoms with van der Waals surface area (Å²) < 4.78 is 41.0. The molecule has 4 aromatic rings. The lowest BCUT2D eigenvalue weighted by atomic mass is 9.79. The molecule has 0 bridgehead atoms. The molecule has 0 amide bonds. The summed E-state index contributed by atoms with van der Waals surface area (Å²) in [6.45, 7) is 3.11. The van der Waals surface area contributed by atoms with E-state index in [4.69, 9.17) is 9.97 Å². The van der Waals surface area contributed by atoms with Crippen LogP contribution >= 0.6 is 0 Å². The Morgan fingerprint density at radius 1 is 0.974 bits per heavy atom. The standard InChI is InChI=1S/C27H27F3N8/c1-14-9-17(6-8-32-14)34-27-23-18(15-3-2-4-15)12-31-13-21(23)35-25(38-27)16-5-7-33-22(10-16)36-26-20(29)11-19(28)24(30)37-26/h5,7,10-15,17,32H,2-4,6,8-9H2,1H3,(H,33,36,37)(H,34,35,38). The Kier molecular flexibility index (Phi) is 6.52. The fourth-order valence-corrected chi connectivity index (χ4v) is 5.12. The molecule has 1 saturated carbocycles. The van der Waals surface area contributed by atoms with Crippen molar-refractivity contribution in [2.24, 2.45) is 0 Å². The molecule has 2 atom stereocenters. The van der Waals surface area contributed by atoms with E-state index in [9.17, 15) is 13.2 Å². The van der Waals surface area contributed by atoms with E-state index < -0.39 is 23.4 Å². The third-order valence-electron chi connectivity index (χ3n) is 7.30. The fourth-order valence-electron chi connectivity index (χ4n) is 5.12. The zero-order valence-corrected chi connectivity index (χ0v) is 20.8. The third kappa shape index (κ3) is 4.85. The van der Waals surface area contributed by atoms with Crippen LogP contribution in [-0.4, -0.2) is 43.5 Å². The second-order valence-electron chi connectivity index (χ2n) is 10.0. The number of rotatable bonds is 6. The van der Waals surface area contributed by atoms with Crippen LogP contribution in [0.5, 0.6) is 0 Å². The van der Waals surface area contributed by atoms with Crippen molar-refractivity contribution in [3.8, 4) is 11.4 Å². The van der Waals surface area contributed by atoms with Gasteiger partial charge in [-0.1, -0.05) is 6.42 Å². The number of nitrogens with one attached hydrogen (secondary N) is 3. The van der Waals surface area contributed by atoms with Crippen LogP contribution in [0, 0.1) is 17.6 Å². The van der Waals surface area contributed by atoms with Gasteiger partial charge in [0.1, 0.15) is 11.6 Å². The molecular weight excluding hydrogens is 493 g/mol. The maximum Gasteiger partial charge on any atom is 0.251 e. The minimum absolute atomic E-state index is 0.187. The summed E-state index contributed by atoms with van der Waals surface area (Å²) in [7, 11) is 0. The molecule has 0 aromatic carbocycles. The second-order valence-corrected chi connectivity index (χ2v) is 10.0. The van der Waals surface area contributed by atoms with Crippen LogP contribution in [0.4, 0.5) is 30.6 Å². The van der Waals surface area contributed by atoms with E-state index in [0.717, 1.165) is 48.9 Å². The van der Waals surface area contributed by atoms with Crippen molar-refractivity contribution in [1.29, 1.82) is 0 Å². The van der Waals surface area contributed by atoms with Gasteiger partial charge in [-0.15, -0.1) is 0 Å². The summed E-state index contributed by atoms with van der Waals surface area (Å²) >= 11 is 0. The first-order chi connectivity index (χ1) is 18.4. The van der Waals surface area contributed by atoms with Crippen molar-refractivity contribution in [2.75, 3.05) is 17.2 Å². The Morgan fingerprint density at radius 3 is 2.63 bits per heavy atom. The fraction of sp³-hybridized carbons (Fsp3) is 0.370. The number of halogens is 3. The topological polar surface area (TPSA) is 101 Å². The van der Waals surface area contributed by atoms with Crippen molar-refractivity contribution in [2.45, 2.75) is 57.0 Å². The van der Waals surface area contributed by atoms with Gasteiger partial charge in [0.2, 0.25) is 0 Å².